The average molecular weight is 498 g/mol. The number of primary amides is 1. The standard InChI is InChI=1S/C26H26FN3O6.H2/c1-25(24(28)33)13-36-22-17(25)11-20(30-21(22)14-4-7-16(27)8-5-14)26(2,34)12-29-23(32)15-6-9-18(31)19(10-15)35-3;/h4-11,31,34H,12-13H2,1-3H3,(H2,28,33)(H,29,32);1H/t25-,26-;/m0./s1. The Morgan fingerprint density at radius 2 is 1.97 bits per heavy atom. The van der Waals surface area contributed by atoms with Gasteiger partial charge in [0.2, 0.25) is 5.91 Å². The fraction of sp³-hybridized carbons (Fsp3) is 0.269. The summed E-state index contributed by atoms with van der Waals surface area (Å²) >= 11 is 0. The molecule has 9 nitrogen and oxygen atoms in total. The van der Waals surface area contributed by atoms with Crippen molar-refractivity contribution >= 4 is 11.8 Å². The molecule has 5 N–H and O–H groups in total. The number of rotatable bonds is 7. The molecule has 2 atom stereocenters. The number of carbonyl (C=O) groups excluding carboxylic acids is 2. The molecule has 3 aromatic rings. The van der Waals surface area contributed by atoms with Crippen LogP contribution in [0.1, 0.15) is 36.9 Å². The molecule has 4 rings (SSSR count). The van der Waals surface area contributed by atoms with Crippen LogP contribution in [0.5, 0.6) is 17.2 Å². The van der Waals surface area contributed by atoms with E-state index in [1.54, 1.807) is 6.92 Å². The third-order valence-corrected chi connectivity index (χ3v) is 6.32. The number of ether oxygens (including phenoxy) is 2. The van der Waals surface area contributed by atoms with Gasteiger partial charge in [-0.25, -0.2) is 9.37 Å². The molecule has 2 heterocycles. The summed E-state index contributed by atoms with van der Waals surface area (Å²) in [6.07, 6.45) is 0. The molecule has 0 saturated carbocycles. The number of carbonyl (C=O) groups is 2. The van der Waals surface area contributed by atoms with Crippen molar-refractivity contribution in [2.45, 2.75) is 24.9 Å². The number of nitrogens with one attached hydrogen (secondary N) is 1. The fourth-order valence-electron chi connectivity index (χ4n) is 3.93. The number of aliphatic hydroxyl groups is 1. The van der Waals surface area contributed by atoms with Crippen LogP contribution in [0, 0.1) is 5.82 Å². The van der Waals surface area contributed by atoms with Gasteiger partial charge in [-0.1, -0.05) is 0 Å². The van der Waals surface area contributed by atoms with E-state index < -0.39 is 28.6 Å². The minimum atomic E-state index is -1.68. The van der Waals surface area contributed by atoms with E-state index in [2.05, 4.69) is 10.3 Å². The van der Waals surface area contributed by atoms with Gasteiger partial charge in [0.15, 0.2) is 11.5 Å². The van der Waals surface area contributed by atoms with Gasteiger partial charge in [0, 0.05) is 18.1 Å². The molecule has 1 aliphatic rings. The van der Waals surface area contributed by atoms with E-state index in [1.165, 1.54) is 62.6 Å². The summed E-state index contributed by atoms with van der Waals surface area (Å²) in [5.74, 6) is -1.23. The molecular weight excluding hydrogens is 469 g/mol. The second-order valence-corrected chi connectivity index (χ2v) is 9.07. The number of halogens is 1. The number of nitrogens with zero attached hydrogens (tertiary/aromatic N) is 1. The third kappa shape index (κ3) is 4.42. The van der Waals surface area contributed by atoms with Crippen LogP contribution in [0.2, 0.25) is 0 Å². The van der Waals surface area contributed by atoms with Gasteiger partial charge < -0.3 is 30.7 Å². The van der Waals surface area contributed by atoms with Crippen LogP contribution < -0.4 is 20.5 Å². The number of nitrogens with two attached hydrogens (primary N) is 1. The SMILES string of the molecule is COc1cc(C(=O)NC[C@](C)(O)c2cc3c(c(-c4ccc(F)cc4)n2)OC[C@]3(C)C(N)=O)ccc1O.[HH]. The summed E-state index contributed by atoms with van der Waals surface area (Å²) in [6, 6.07) is 11.2. The van der Waals surface area contributed by atoms with E-state index in [0.717, 1.165) is 0 Å². The minimum Gasteiger partial charge on any atom is -0.504 e. The molecule has 2 amide bonds. The summed E-state index contributed by atoms with van der Waals surface area (Å²) in [6.45, 7) is 2.84. The van der Waals surface area contributed by atoms with E-state index in [4.69, 9.17) is 15.2 Å². The van der Waals surface area contributed by atoms with Gasteiger partial charge in [0.25, 0.3) is 5.91 Å². The highest BCUT2D eigenvalue weighted by Crippen LogP contribution is 2.45. The number of fused-ring (bicyclic) bond motifs is 1. The lowest BCUT2D eigenvalue weighted by molar-refractivity contribution is -0.123. The van der Waals surface area contributed by atoms with E-state index in [-0.39, 0.29) is 37.3 Å². The predicted octanol–water partition coefficient (Wildman–Crippen LogP) is 2.62. The normalized spacial score (nSPS) is 18.0. The van der Waals surface area contributed by atoms with Crippen molar-refractivity contribution in [2.24, 2.45) is 5.73 Å². The lowest BCUT2D eigenvalue weighted by Crippen LogP contribution is -2.41. The van der Waals surface area contributed by atoms with Gasteiger partial charge in [0.1, 0.15) is 34.9 Å². The number of hydrogen-bond acceptors (Lipinski definition) is 7. The number of aromatic nitrogens is 1. The Morgan fingerprint density at radius 3 is 2.61 bits per heavy atom. The summed E-state index contributed by atoms with van der Waals surface area (Å²) in [7, 11) is 1.36. The molecule has 0 aliphatic carbocycles. The van der Waals surface area contributed by atoms with Crippen LogP contribution in [0.25, 0.3) is 11.3 Å². The largest absolute Gasteiger partial charge is 0.504 e. The second kappa shape index (κ2) is 9.12. The topological polar surface area (TPSA) is 144 Å². The molecule has 0 unspecified atom stereocenters. The van der Waals surface area contributed by atoms with Crippen LogP contribution in [0.15, 0.2) is 48.5 Å². The highest BCUT2D eigenvalue weighted by molar-refractivity contribution is 5.95. The molecule has 0 bridgehead atoms. The Kier molecular flexibility index (Phi) is 6.32. The number of hydrogen-bond donors (Lipinski definition) is 4. The van der Waals surface area contributed by atoms with Gasteiger partial charge in [0.05, 0.1) is 19.3 Å². The van der Waals surface area contributed by atoms with Crippen molar-refractivity contribution in [2.75, 3.05) is 20.3 Å². The minimum absolute atomic E-state index is 0. The first-order valence-corrected chi connectivity index (χ1v) is 11.1. The van der Waals surface area contributed by atoms with Crippen LogP contribution in [-0.2, 0) is 15.8 Å². The lowest BCUT2D eigenvalue weighted by atomic mass is 9.82. The summed E-state index contributed by atoms with van der Waals surface area (Å²) in [5.41, 5.74) is 4.45. The second-order valence-electron chi connectivity index (χ2n) is 9.07. The van der Waals surface area contributed by atoms with Crippen molar-refractivity contribution in [3.05, 3.63) is 71.2 Å². The summed E-state index contributed by atoms with van der Waals surface area (Å²) in [5, 5.41) is 23.7. The first kappa shape index (κ1) is 24.9. The molecule has 1 aromatic heterocycles. The van der Waals surface area contributed by atoms with Crippen molar-refractivity contribution in [3.63, 3.8) is 0 Å². The number of phenolic OH excluding ortho intramolecular Hbond substituents is 1. The Balaban J connectivity index is 0.00000380. The predicted molar refractivity (Wildman–Crippen MR) is 130 cm³/mol. The van der Waals surface area contributed by atoms with Gasteiger partial charge in [-0.15, -0.1) is 0 Å². The van der Waals surface area contributed by atoms with Gasteiger partial charge in [-0.3, -0.25) is 9.59 Å². The number of methoxy groups -OCH3 is 1. The number of aromatic hydroxyl groups is 1. The molecule has 36 heavy (non-hydrogen) atoms. The number of pyridine rings is 1. The van der Waals surface area contributed by atoms with Crippen molar-refractivity contribution in [1.82, 2.24) is 10.3 Å². The first-order chi connectivity index (χ1) is 17.0. The Labute approximate surface area is 208 Å². The highest BCUT2D eigenvalue weighted by atomic mass is 19.1. The summed E-state index contributed by atoms with van der Waals surface area (Å²) in [4.78, 5) is 29.6. The lowest BCUT2D eigenvalue weighted by Gasteiger charge is -2.26. The zero-order valence-electron chi connectivity index (χ0n) is 20.0. The van der Waals surface area contributed by atoms with Crippen LogP contribution in [0.3, 0.4) is 0 Å². The first-order valence-electron chi connectivity index (χ1n) is 11.1. The zero-order valence-corrected chi connectivity index (χ0v) is 20.0. The maximum atomic E-state index is 13.5. The highest BCUT2D eigenvalue weighted by Gasteiger charge is 2.45. The quantitative estimate of drug-likeness (QED) is 0.393. The molecule has 2 aromatic carbocycles. The average Bonchev–Trinajstić information content (AvgIpc) is 3.21. The zero-order chi connectivity index (χ0) is 26.3. The summed E-state index contributed by atoms with van der Waals surface area (Å²) < 4.78 is 24.4. The molecule has 0 saturated heterocycles. The Morgan fingerprint density at radius 1 is 1.28 bits per heavy atom. The molecule has 190 valence electrons. The van der Waals surface area contributed by atoms with E-state index in [9.17, 15) is 24.2 Å². The van der Waals surface area contributed by atoms with E-state index >= 15 is 0 Å². The molecule has 1 aliphatic heterocycles. The van der Waals surface area contributed by atoms with Crippen molar-refractivity contribution < 1.29 is 35.1 Å². The molecule has 0 spiro atoms. The fourth-order valence-corrected chi connectivity index (χ4v) is 3.93. The van der Waals surface area contributed by atoms with Gasteiger partial charge in [-0.05, 0) is 62.4 Å². The number of amides is 2. The van der Waals surface area contributed by atoms with Crippen LogP contribution >= 0.6 is 0 Å². The molecule has 0 fully saturated rings. The molecule has 10 heteroatoms. The van der Waals surface area contributed by atoms with E-state index in [0.29, 0.717) is 22.6 Å². The van der Waals surface area contributed by atoms with Crippen LogP contribution in [-0.4, -0.2) is 47.3 Å². The van der Waals surface area contributed by atoms with Crippen molar-refractivity contribution in [3.8, 4) is 28.5 Å². The monoisotopic (exact) mass is 497 g/mol. The Hall–Kier alpha value is -4.18. The number of benzene rings is 2. The maximum absolute atomic E-state index is 13.5. The van der Waals surface area contributed by atoms with Gasteiger partial charge in [-0.2, -0.15) is 0 Å². The molecule has 0 radical (unpaired) electrons. The smallest absolute Gasteiger partial charge is 0.251 e. The van der Waals surface area contributed by atoms with Gasteiger partial charge >= 0.3 is 0 Å². The van der Waals surface area contributed by atoms with Crippen molar-refractivity contribution in [1.29, 1.82) is 0 Å². The maximum Gasteiger partial charge on any atom is 0.251 e. The number of phenols is 1. The third-order valence-electron chi connectivity index (χ3n) is 6.32. The van der Waals surface area contributed by atoms with E-state index in [1.807, 2.05) is 0 Å². The van der Waals surface area contributed by atoms with Crippen LogP contribution in [0.4, 0.5) is 4.39 Å². The Bertz CT molecular complexity index is 1350. The molecular formula is C26H28FN3O6.